The third-order valence-electron chi connectivity index (χ3n) is 12.2. The van der Waals surface area contributed by atoms with Crippen LogP contribution in [-0.4, -0.2) is 140 Å². The van der Waals surface area contributed by atoms with E-state index in [1.54, 1.807) is 0 Å². The van der Waals surface area contributed by atoms with Gasteiger partial charge < -0.3 is 65.1 Å². The number of allylic oxidation sites excluding steroid dienone is 4. The van der Waals surface area contributed by atoms with E-state index in [1.807, 2.05) is 0 Å². The first-order valence-electron chi connectivity index (χ1n) is 24.6. The van der Waals surface area contributed by atoms with Gasteiger partial charge in [-0.25, -0.2) is 0 Å². The van der Waals surface area contributed by atoms with Gasteiger partial charge in [0.1, 0.15) is 48.8 Å². The zero-order valence-corrected chi connectivity index (χ0v) is 38.4. The molecule has 2 heterocycles. The molecule has 14 heteroatoms. The Bertz CT molecular complexity index is 1140. The molecule has 0 aromatic carbocycles. The second-order valence-corrected chi connectivity index (χ2v) is 17.6. The van der Waals surface area contributed by atoms with Gasteiger partial charge in [-0.05, 0) is 44.9 Å². The molecule has 0 radical (unpaired) electrons. The maximum atomic E-state index is 13.1. The van der Waals surface area contributed by atoms with Crippen LogP contribution < -0.4 is 5.32 Å². The lowest BCUT2D eigenvalue weighted by atomic mass is 9.97. The van der Waals surface area contributed by atoms with Crippen LogP contribution in [0.1, 0.15) is 181 Å². The summed E-state index contributed by atoms with van der Waals surface area (Å²) in [6.07, 6.45) is 20.4. The highest BCUT2D eigenvalue weighted by Gasteiger charge is 2.51. The summed E-state index contributed by atoms with van der Waals surface area (Å²) in [4.78, 5) is 13.1. The van der Waals surface area contributed by atoms with Gasteiger partial charge in [-0.3, -0.25) is 4.79 Å². The van der Waals surface area contributed by atoms with E-state index in [0.29, 0.717) is 19.3 Å². The summed E-state index contributed by atoms with van der Waals surface area (Å²) in [6, 6.07) is -0.828. The maximum absolute atomic E-state index is 13.1. The number of hydrogen-bond acceptors (Lipinski definition) is 13. The number of amides is 1. The second kappa shape index (κ2) is 35.7. The zero-order valence-electron chi connectivity index (χ0n) is 38.4. The van der Waals surface area contributed by atoms with Crippen molar-refractivity contribution in [1.29, 1.82) is 0 Å². The largest absolute Gasteiger partial charge is 0.394 e. The molecule has 2 fully saturated rings. The number of nitrogens with one attached hydrogen (secondary N) is 1. The van der Waals surface area contributed by atoms with Crippen molar-refractivity contribution in [2.45, 2.75) is 254 Å². The summed E-state index contributed by atoms with van der Waals surface area (Å²) < 4.78 is 22.7. The molecule has 14 nitrogen and oxygen atoms in total. The molecule has 2 rings (SSSR count). The molecule has 2 saturated heterocycles. The summed E-state index contributed by atoms with van der Waals surface area (Å²) in [5, 5.41) is 86.7. The van der Waals surface area contributed by atoms with Crippen molar-refractivity contribution >= 4 is 5.91 Å². The molecule has 364 valence electrons. The smallest absolute Gasteiger partial charge is 0.220 e. The highest BCUT2D eigenvalue weighted by Crippen LogP contribution is 2.30. The number of unbranched alkanes of at least 4 members (excludes halogenated alkanes) is 20. The van der Waals surface area contributed by atoms with Crippen molar-refractivity contribution in [1.82, 2.24) is 5.32 Å². The molecule has 0 aromatic rings. The van der Waals surface area contributed by atoms with Gasteiger partial charge in [0, 0.05) is 6.42 Å². The molecule has 62 heavy (non-hydrogen) atoms. The van der Waals surface area contributed by atoms with Gasteiger partial charge in [0.25, 0.3) is 0 Å². The Morgan fingerprint density at radius 1 is 0.581 bits per heavy atom. The van der Waals surface area contributed by atoms with Crippen LogP contribution in [0.4, 0.5) is 0 Å². The Balaban J connectivity index is 1.83. The van der Waals surface area contributed by atoms with Crippen molar-refractivity contribution in [2.24, 2.45) is 0 Å². The van der Waals surface area contributed by atoms with E-state index in [2.05, 4.69) is 43.5 Å². The molecule has 12 atom stereocenters. The van der Waals surface area contributed by atoms with Gasteiger partial charge in [-0.1, -0.05) is 154 Å². The minimum atomic E-state index is -1.78. The van der Waals surface area contributed by atoms with Crippen LogP contribution in [-0.2, 0) is 23.7 Å². The first-order chi connectivity index (χ1) is 30.1. The van der Waals surface area contributed by atoms with E-state index in [4.69, 9.17) is 18.9 Å². The summed E-state index contributed by atoms with van der Waals surface area (Å²) in [7, 11) is 0. The lowest BCUT2D eigenvalue weighted by Gasteiger charge is -2.46. The minimum absolute atomic E-state index is 0.217. The van der Waals surface area contributed by atoms with E-state index in [-0.39, 0.29) is 12.5 Å². The molecule has 0 bridgehead atoms. The lowest BCUT2D eigenvalue weighted by Crippen LogP contribution is -2.65. The number of hydrogen-bond donors (Lipinski definition) is 9. The number of rotatable bonds is 37. The Kier molecular flexibility index (Phi) is 32.6. The predicted octanol–water partition coefficient (Wildman–Crippen LogP) is 5.77. The SMILES string of the molecule is CCCCCC/C=C\C/C=C\CCCCCCCCCC(=O)NC(COC1OC(CO)C(OC2OC(CO)C(O)C(O)C2O)C(O)C1O)C(O)CCCCCCCCCCCC. The van der Waals surface area contributed by atoms with Crippen molar-refractivity contribution in [3.8, 4) is 0 Å². The summed E-state index contributed by atoms with van der Waals surface area (Å²) >= 11 is 0. The Morgan fingerprint density at radius 3 is 1.63 bits per heavy atom. The van der Waals surface area contributed by atoms with Crippen molar-refractivity contribution in [3.63, 3.8) is 0 Å². The Labute approximate surface area is 373 Å². The molecular weight excluding hydrogens is 799 g/mol. The fraction of sp³-hybridized carbons (Fsp3) is 0.896. The van der Waals surface area contributed by atoms with Crippen LogP contribution >= 0.6 is 0 Å². The van der Waals surface area contributed by atoms with E-state index < -0.39 is 86.8 Å². The molecule has 1 amide bonds. The molecule has 0 spiro atoms. The van der Waals surface area contributed by atoms with Crippen LogP contribution in [0.2, 0.25) is 0 Å². The molecule has 9 N–H and O–H groups in total. The van der Waals surface area contributed by atoms with Crippen LogP contribution in [0.15, 0.2) is 24.3 Å². The highest BCUT2D eigenvalue weighted by molar-refractivity contribution is 5.76. The average Bonchev–Trinajstić information content (AvgIpc) is 3.27. The summed E-state index contributed by atoms with van der Waals surface area (Å²) in [5.41, 5.74) is 0. The third kappa shape index (κ3) is 23.1. The van der Waals surface area contributed by atoms with Gasteiger partial charge in [0.15, 0.2) is 12.6 Å². The standard InChI is InChI=1S/C48H89NO13/c1-3-5-7-9-11-13-15-16-17-18-19-20-21-22-24-26-28-30-32-40(53)49-36(37(52)31-29-27-25-23-14-12-10-8-6-4-2)35-59-47-45(58)43(56)46(39(34-51)61-47)62-48-44(57)42(55)41(54)38(33-50)60-48/h13,15,17-18,36-39,41-48,50-52,54-58H,3-12,14,16,19-35H2,1-2H3,(H,49,53)/b15-13-,18-17-. The second-order valence-electron chi connectivity index (χ2n) is 17.6. The van der Waals surface area contributed by atoms with Crippen molar-refractivity contribution in [3.05, 3.63) is 24.3 Å². The molecule has 2 aliphatic heterocycles. The monoisotopic (exact) mass is 888 g/mol. The molecule has 0 aliphatic carbocycles. The van der Waals surface area contributed by atoms with Gasteiger partial charge in [-0.15, -0.1) is 0 Å². The van der Waals surface area contributed by atoms with E-state index in [9.17, 15) is 45.6 Å². The molecule has 12 unspecified atom stereocenters. The maximum Gasteiger partial charge on any atom is 0.220 e. The third-order valence-corrected chi connectivity index (χ3v) is 12.2. The summed E-state index contributed by atoms with van der Waals surface area (Å²) in [5.74, 6) is -0.217. The lowest BCUT2D eigenvalue weighted by molar-refractivity contribution is -0.359. The number of aliphatic hydroxyl groups is 8. The van der Waals surface area contributed by atoms with Crippen LogP contribution in [0.25, 0.3) is 0 Å². The van der Waals surface area contributed by atoms with Gasteiger partial charge >= 0.3 is 0 Å². The van der Waals surface area contributed by atoms with Gasteiger partial charge in [-0.2, -0.15) is 0 Å². The van der Waals surface area contributed by atoms with Gasteiger partial charge in [0.05, 0.1) is 32.0 Å². The topological polar surface area (TPSA) is 228 Å². The zero-order chi connectivity index (χ0) is 45.4. The molecular formula is C48H89NO13. The minimum Gasteiger partial charge on any atom is -0.394 e. The molecule has 2 aliphatic rings. The number of carbonyl (C=O) groups is 1. The first kappa shape index (κ1) is 56.6. The van der Waals surface area contributed by atoms with E-state index >= 15 is 0 Å². The summed E-state index contributed by atoms with van der Waals surface area (Å²) in [6.45, 7) is 2.79. The Morgan fingerprint density at radius 2 is 1.06 bits per heavy atom. The normalized spacial score (nSPS) is 27.9. The first-order valence-corrected chi connectivity index (χ1v) is 24.6. The Hall–Kier alpha value is -1.53. The fourth-order valence-electron chi connectivity index (χ4n) is 8.09. The fourth-order valence-corrected chi connectivity index (χ4v) is 8.09. The number of ether oxygens (including phenoxy) is 4. The van der Waals surface area contributed by atoms with E-state index in [0.717, 1.165) is 57.8 Å². The number of carbonyl (C=O) groups excluding carboxylic acids is 1. The molecule has 0 saturated carbocycles. The highest BCUT2D eigenvalue weighted by atomic mass is 16.7. The van der Waals surface area contributed by atoms with Crippen LogP contribution in [0, 0.1) is 0 Å². The molecule has 0 aromatic heterocycles. The number of aliphatic hydroxyl groups excluding tert-OH is 8. The quantitative estimate of drug-likeness (QED) is 0.0267. The predicted molar refractivity (Wildman–Crippen MR) is 240 cm³/mol. The van der Waals surface area contributed by atoms with Crippen LogP contribution in [0.5, 0.6) is 0 Å². The van der Waals surface area contributed by atoms with Crippen molar-refractivity contribution < 1.29 is 64.6 Å². The van der Waals surface area contributed by atoms with Crippen molar-refractivity contribution in [2.75, 3.05) is 19.8 Å². The van der Waals surface area contributed by atoms with Gasteiger partial charge in [0.2, 0.25) is 5.91 Å². The average molecular weight is 888 g/mol. The van der Waals surface area contributed by atoms with E-state index in [1.165, 1.54) is 89.9 Å². The van der Waals surface area contributed by atoms with Crippen LogP contribution in [0.3, 0.4) is 0 Å².